The lowest BCUT2D eigenvalue weighted by molar-refractivity contribution is 0.565. The highest BCUT2D eigenvalue weighted by Crippen LogP contribution is 2.11. The number of sulfonamides is 1. The molecule has 0 spiro atoms. The zero-order chi connectivity index (χ0) is 13.2. The van der Waals surface area contributed by atoms with Crippen molar-refractivity contribution in [3.63, 3.8) is 0 Å². The Morgan fingerprint density at radius 2 is 2.17 bits per heavy atom. The van der Waals surface area contributed by atoms with Gasteiger partial charge in [0, 0.05) is 25.4 Å². The lowest BCUT2D eigenvalue weighted by Crippen LogP contribution is -2.19. The number of rotatable bonds is 4. The number of aromatic nitrogens is 4. The summed E-state index contributed by atoms with van der Waals surface area (Å²) >= 11 is 0. The molecule has 2 rings (SSSR count). The Morgan fingerprint density at radius 1 is 1.39 bits per heavy atom. The van der Waals surface area contributed by atoms with Crippen LogP contribution in [0.4, 0.5) is 0 Å². The summed E-state index contributed by atoms with van der Waals surface area (Å²) in [5, 5.41) is 12.4. The molecule has 0 atom stereocenters. The third-order valence-corrected chi connectivity index (χ3v) is 3.26. The molecule has 2 heterocycles. The fourth-order valence-corrected chi connectivity index (χ4v) is 2.36. The Kier molecular flexibility index (Phi) is 3.39. The van der Waals surface area contributed by atoms with Gasteiger partial charge in [0.15, 0.2) is 0 Å². The Balaban J connectivity index is 2.39. The second-order valence-corrected chi connectivity index (χ2v) is 5.18. The van der Waals surface area contributed by atoms with Crippen molar-refractivity contribution in [3.8, 4) is 0 Å². The van der Waals surface area contributed by atoms with E-state index in [-0.39, 0.29) is 5.16 Å². The van der Waals surface area contributed by atoms with Crippen molar-refractivity contribution in [1.29, 1.82) is 0 Å². The summed E-state index contributed by atoms with van der Waals surface area (Å²) < 4.78 is 24.1. The topological polar surface area (TPSA) is 104 Å². The monoisotopic (exact) mass is 267 g/mol. The molecule has 2 aromatic heterocycles. The Morgan fingerprint density at radius 3 is 2.72 bits per heavy atom. The molecule has 0 saturated heterocycles. The van der Waals surface area contributed by atoms with Crippen LogP contribution < -0.4 is 5.14 Å². The Labute approximate surface area is 105 Å². The molecule has 18 heavy (non-hydrogen) atoms. The molecule has 0 fully saturated rings. The summed E-state index contributed by atoms with van der Waals surface area (Å²) in [5.74, 6) is 0.550. The second-order valence-electron chi connectivity index (χ2n) is 3.73. The van der Waals surface area contributed by atoms with Crippen LogP contribution in [0.1, 0.15) is 18.3 Å². The van der Waals surface area contributed by atoms with Crippen molar-refractivity contribution in [2.24, 2.45) is 5.14 Å². The number of nitrogens with two attached hydrogens (primary N) is 1. The highest BCUT2D eigenvalue weighted by molar-refractivity contribution is 7.89. The molecule has 7 nitrogen and oxygen atoms in total. The van der Waals surface area contributed by atoms with E-state index >= 15 is 0 Å². The van der Waals surface area contributed by atoms with Crippen LogP contribution in [0.15, 0.2) is 29.7 Å². The van der Waals surface area contributed by atoms with E-state index in [9.17, 15) is 8.42 Å². The average molecular weight is 267 g/mol. The first-order chi connectivity index (χ1) is 8.52. The molecule has 0 aliphatic heterocycles. The fourth-order valence-electron chi connectivity index (χ4n) is 1.66. The van der Waals surface area contributed by atoms with Crippen molar-refractivity contribution >= 4 is 10.0 Å². The molecule has 0 bridgehead atoms. The number of pyridine rings is 1. The molecule has 0 aliphatic carbocycles. The van der Waals surface area contributed by atoms with E-state index in [1.54, 1.807) is 12.4 Å². The summed E-state index contributed by atoms with van der Waals surface area (Å²) in [4.78, 5) is 3.99. The van der Waals surface area contributed by atoms with E-state index < -0.39 is 10.0 Å². The maximum Gasteiger partial charge on any atom is 0.273 e. The normalized spacial score (nSPS) is 11.7. The van der Waals surface area contributed by atoms with Crippen molar-refractivity contribution in [1.82, 2.24) is 19.7 Å². The molecule has 0 aliphatic rings. The van der Waals surface area contributed by atoms with Crippen LogP contribution in [0, 0.1) is 0 Å². The summed E-state index contributed by atoms with van der Waals surface area (Å²) in [6.45, 7) is 2.25. The molecular formula is C10H13N5O2S. The predicted molar refractivity (Wildman–Crippen MR) is 64.1 cm³/mol. The fraction of sp³-hybridized carbons (Fsp3) is 0.300. The summed E-state index contributed by atoms with van der Waals surface area (Å²) in [6, 6.07) is 3.70. The lowest BCUT2D eigenvalue weighted by Gasteiger charge is -2.05. The minimum absolute atomic E-state index is 0.205. The van der Waals surface area contributed by atoms with Crippen molar-refractivity contribution < 1.29 is 8.42 Å². The molecule has 0 aromatic carbocycles. The molecule has 0 amide bonds. The van der Waals surface area contributed by atoms with Crippen LogP contribution in [0.2, 0.25) is 0 Å². The highest BCUT2D eigenvalue weighted by atomic mass is 32.2. The van der Waals surface area contributed by atoms with Gasteiger partial charge in [-0.1, -0.05) is 6.07 Å². The third-order valence-electron chi connectivity index (χ3n) is 2.45. The number of hydrogen-bond donors (Lipinski definition) is 1. The van der Waals surface area contributed by atoms with E-state index in [4.69, 9.17) is 5.14 Å². The van der Waals surface area contributed by atoms with Crippen LogP contribution in [0.25, 0.3) is 0 Å². The maximum absolute atomic E-state index is 11.3. The summed E-state index contributed by atoms with van der Waals surface area (Å²) in [7, 11) is -3.84. The smallest absolute Gasteiger partial charge is 0.273 e. The molecule has 2 N–H and O–H groups in total. The Hall–Kier alpha value is -1.80. The van der Waals surface area contributed by atoms with Crippen LogP contribution in [0.3, 0.4) is 0 Å². The van der Waals surface area contributed by atoms with Gasteiger partial charge >= 0.3 is 0 Å². The second kappa shape index (κ2) is 4.83. The quantitative estimate of drug-likeness (QED) is 0.835. The van der Waals surface area contributed by atoms with E-state index in [0.29, 0.717) is 18.8 Å². The van der Waals surface area contributed by atoms with Crippen LogP contribution >= 0.6 is 0 Å². The van der Waals surface area contributed by atoms with Gasteiger partial charge in [0.25, 0.3) is 15.2 Å². The number of nitrogens with zero attached hydrogens (tertiary/aromatic N) is 4. The summed E-state index contributed by atoms with van der Waals surface area (Å²) in [5.41, 5.74) is 0.931. The zero-order valence-electron chi connectivity index (χ0n) is 9.81. The lowest BCUT2D eigenvalue weighted by atomic mass is 10.2. The van der Waals surface area contributed by atoms with Gasteiger partial charge in [0.1, 0.15) is 5.82 Å². The minimum atomic E-state index is -3.84. The van der Waals surface area contributed by atoms with Gasteiger partial charge < -0.3 is 4.57 Å². The van der Waals surface area contributed by atoms with E-state index in [0.717, 1.165) is 5.56 Å². The maximum atomic E-state index is 11.3. The van der Waals surface area contributed by atoms with Crippen molar-refractivity contribution in [3.05, 3.63) is 35.9 Å². The predicted octanol–water partition coefficient (Wildman–Crippen LogP) is -0.0688. The average Bonchev–Trinajstić information content (AvgIpc) is 2.73. The molecule has 0 radical (unpaired) electrons. The largest absolute Gasteiger partial charge is 0.301 e. The number of hydrogen-bond acceptors (Lipinski definition) is 5. The SMILES string of the molecule is CCn1c(Cc2cccnc2)nnc1S(N)(=O)=O. The summed E-state index contributed by atoms with van der Waals surface area (Å²) in [6.07, 6.45) is 3.83. The van der Waals surface area contributed by atoms with Gasteiger partial charge in [-0.2, -0.15) is 0 Å². The first-order valence-electron chi connectivity index (χ1n) is 5.36. The zero-order valence-corrected chi connectivity index (χ0v) is 10.6. The molecular weight excluding hydrogens is 254 g/mol. The van der Waals surface area contributed by atoms with E-state index in [1.165, 1.54) is 4.57 Å². The van der Waals surface area contributed by atoms with Crippen LogP contribution in [-0.2, 0) is 23.0 Å². The van der Waals surface area contributed by atoms with Gasteiger partial charge in [-0.05, 0) is 18.6 Å². The number of primary sulfonamides is 1. The molecule has 0 saturated carbocycles. The van der Waals surface area contributed by atoms with Gasteiger partial charge in [-0.25, -0.2) is 13.6 Å². The van der Waals surface area contributed by atoms with Gasteiger partial charge in [-0.3, -0.25) is 4.98 Å². The van der Waals surface area contributed by atoms with E-state index in [2.05, 4.69) is 15.2 Å². The van der Waals surface area contributed by atoms with Gasteiger partial charge in [-0.15, -0.1) is 10.2 Å². The Bertz CT molecular complexity index is 636. The van der Waals surface area contributed by atoms with Crippen LogP contribution in [-0.4, -0.2) is 28.2 Å². The van der Waals surface area contributed by atoms with Crippen LogP contribution in [0.5, 0.6) is 0 Å². The van der Waals surface area contributed by atoms with Crippen molar-refractivity contribution in [2.45, 2.75) is 25.0 Å². The minimum Gasteiger partial charge on any atom is -0.301 e. The first kappa shape index (κ1) is 12.7. The third kappa shape index (κ3) is 2.54. The van der Waals surface area contributed by atoms with E-state index in [1.807, 2.05) is 19.1 Å². The molecule has 8 heteroatoms. The van der Waals surface area contributed by atoms with Gasteiger partial charge in [0.2, 0.25) is 0 Å². The molecule has 96 valence electrons. The van der Waals surface area contributed by atoms with Crippen molar-refractivity contribution in [2.75, 3.05) is 0 Å². The van der Waals surface area contributed by atoms with Gasteiger partial charge in [0.05, 0.1) is 0 Å². The molecule has 0 unspecified atom stereocenters. The first-order valence-corrected chi connectivity index (χ1v) is 6.90. The highest BCUT2D eigenvalue weighted by Gasteiger charge is 2.20. The standard InChI is InChI=1S/C10H13N5O2S/c1-2-15-9(6-8-4-3-5-12-7-8)13-14-10(15)18(11,16)17/h3-5,7H,2,6H2,1H3,(H2,11,16,17). The molecule has 2 aromatic rings.